The zero-order valence-corrected chi connectivity index (χ0v) is 13.9. The first-order chi connectivity index (χ1) is 10.1. The van der Waals surface area contributed by atoms with Gasteiger partial charge in [0.25, 0.3) is 0 Å². The van der Waals surface area contributed by atoms with Crippen molar-refractivity contribution in [3.63, 3.8) is 0 Å². The predicted molar refractivity (Wildman–Crippen MR) is 88.3 cm³/mol. The lowest BCUT2D eigenvalue weighted by Gasteiger charge is -2.27. The summed E-state index contributed by atoms with van der Waals surface area (Å²) in [5.74, 6) is 1.01. The number of rotatable bonds is 5. The van der Waals surface area contributed by atoms with E-state index in [4.69, 9.17) is 11.6 Å². The van der Waals surface area contributed by atoms with Crippen molar-refractivity contribution in [2.45, 2.75) is 58.4 Å². The molecule has 0 aliphatic heterocycles. The SMILES string of the molecule is CC(C)NCC1CCCCCC1Cc1c(F)cccc1Cl. The lowest BCUT2D eigenvalue weighted by Crippen LogP contribution is -2.33. The fourth-order valence-corrected chi connectivity index (χ4v) is 3.62. The van der Waals surface area contributed by atoms with Gasteiger partial charge in [0.05, 0.1) is 0 Å². The molecule has 21 heavy (non-hydrogen) atoms. The molecule has 2 atom stereocenters. The Kier molecular flexibility index (Phi) is 6.50. The van der Waals surface area contributed by atoms with Crippen LogP contribution in [-0.4, -0.2) is 12.6 Å². The molecule has 0 spiro atoms. The van der Waals surface area contributed by atoms with Crippen LogP contribution >= 0.6 is 11.6 Å². The number of halogens is 2. The lowest BCUT2D eigenvalue weighted by atomic mass is 9.83. The van der Waals surface area contributed by atoms with E-state index < -0.39 is 0 Å². The van der Waals surface area contributed by atoms with E-state index in [1.165, 1.54) is 38.2 Å². The molecule has 1 aromatic rings. The molecule has 0 amide bonds. The molecule has 1 nitrogen and oxygen atoms in total. The topological polar surface area (TPSA) is 12.0 Å². The molecule has 2 unspecified atom stereocenters. The predicted octanol–water partition coefficient (Wildman–Crippen LogP) is 5.22. The van der Waals surface area contributed by atoms with Gasteiger partial charge in [-0.15, -0.1) is 0 Å². The summed E-state index contributed by atoms with van der Waals surface area (Å²) in [5.41, 5.74) is 0.709. The minimum atomic E-state index is -0.151. The van der Waals surface area contributed by atoms with Crippen LogP contribution in [0.4, 0.5) is 4.39 Å². The average molecular weight is 312 g/mol. The normalized spacial score (nSPS) is 23.3. The third-order valence-corrected chi connectivity index (χ3v) is 4.99. The van der Waals surface area contributed by atoms with Gasteiger partial charge in [0.2, 0.25) is 0 Å². The summed E-state index contributed by atoms with van der Waals surface area (Å²) in [4.78, 5) is 0. The highest BCUT2D eigenvalue weighted by Gasteiger charge is 2.25. The second kappa shape index (κ2) is 8.14. The van der Waals surface area contributed by atoms with Gasteiger partial charge < -0.3 is 5.32 Å². The van der Waals surface area contributed by atoms with E-state index in [9.17, 15) is 4.39 Å². The molecule has 0 saturated heterocycles. The van der Waals surface area contributed by atoms with E-state index in [0.29, 0.717) is 28.5 Å². The summed E-state index contributed by atoms with van der Waals surface area (Å²) in [5, 5.41) is 4.14. The second-order valence-corrected chi connectivity index (χ2v) is 7.03. The molecule has 1 aliphatic carbocycles. The van der Waals surface area contributed by atoms with Gasteiger partial charge in [-0.1, -0.05) is 50.8 Å². The highest BCUT2D eigenvalue weighted by atomic mass is 35.5. The van der Waals surface area contributed by atoms with Gasteiger partial charge in [0, 0.05) is 16.6 Å². The van der Waals surface area contributed by atoms with Gasteiger partial charge in [-0.05, 0) is 49.8 Å². The highest BCUT2D eigenvalue weighted by molar-refractivity contribution is 6.31. The van der Waals surface area contributed by atoms with E-state index in [0.717, 1.165) is 13.0 Å². The molecule has 2 rings (SSSR count). The average Bonchev–Trinajstić information content (AvgIpc) is 2.66. The highest BCUT2D eigenvalue weighted by Crippen LogP contribution is 2.33. The van der Waals surface area contributed by atoms with Crippen molar-refractivity contribution in [1.29, 1.82) is 0 Å². The Bertz CT molecular complexity index is 427. The maximum Gasteiger partial charge on any atom is 0.127 e. The minimum absolute atomic E-state index is 0.151. The Labute approximate surface area is 133 Å². The van der Waals surface area contributed by atoms with Crippen molar-refractivity contribution >= 4 is 11.6 Å². The summed E-state index contributed by atoms with van der Waals surface area (Å²) in [6.07, 6.45) is 7.07. The molecule has 0 radical (unpaired) electrons. The Morgan fingerprint density at radius 2 is 1.90 bits per heavy atom. The Hall–Kier alpha value is -0.600. The molecule has 0 bridgehead atoms. The molecule has 0 heterocycles. The summed E-state index contributed by atoms with van der Waals surface area (Å²) in [7, 11) is 0. The summed E-state index contributed by atoms with van der Waals surface area (Å²) in [6.45, 7) is 5.40. The number of nitrogens with one attached hydrogen (secondary N) is 1. The maximum atomic E-state index is 14.0. The van der Waals surface area contributed by atoms with Gasteiger partial charge in [-0.3, -0.25) is 0 Å². The van der Waals surface area contributed by atoms with Gasteiger partial charge in [-0.2, -0.15) is 0 Å². The van der Waals surface area contributed by atoms with Crippen LogP contribution in [0.1, 0.15) is 51.5 Å². The van der Waals surface area contributed by atoms with Crippen molar-refractivity contribution in [3.05, 3.63) is 34.6 Å². The van der Waals surface area contributed by atoms with Crippen LogP contribution in [0.2, 0.25) is 5.02 Å². The Balaban J connectivity index is 2.09. The molecular weight excluding hydrogens is 285 g/mol. The molecule has 1 saturated carbocycles. The summed E-state index contributed by atoms with van der Waals surface area (Å²) < 4.78 is 14.0. The molecule has 3 heteroatoms. The first kappa shape index (κ1) is 16.8. The van der Waals surface area contributed by atoms with Crippen molar-refractivity contribution in [2.24, 2.45) is 11.8 Å². The van der Waals surface area contributed by atoms with E-state index >= 15 is 0 Å². The lowest BCUT2D eigenvalue weighted by molar-refractivity contribution is 0.289. The first-order valence-electron chi connectivity index (χ1n) is 8.24. The number of hydrogen-bond acceptors (Lipinski definition) is 1. The van der Waals surface area contributed by atoms with Gasteiger partial charge in [0.15, 0.2) is 0 Å². The van der Waals surface area contributed by atoms with Crippen molar-refractivity contribution in [3.8, 4) is 0 Å². The quantitative estimate of drug-likeness (QED) is 0.735. The standard InChI is InChI=1S/C18H27ClFN/c1-13(2)21-12-15-8-5-3-4-7-14(15)11-16-17(19)9-6-10-18(16)20/h6,9-10,13-15,21H,3-5,7-8,11-12H2,1-2H3. The largest absolute Gasteiger partial charge is 0.314 e. The van der Waals surface area contributed by atoms with Crippen LogP contribution < -0.4 is 5.32 Å². The zero-order valence-electron chi connectivity index (χ0n) is 13.2. The monoisotopic (exact) mass is 311 g/mol. The number of benzene rings is 1. The van der Waals surface area contributed by atoms with Gasteiger partial charge in [-0.25, -0.2) is 4.39 Å². The Morgan fingerprint density at radius 1 is 1.19 bits per heavy atom. The van der Waals surface area contributed by atoms with E-state index in [1.807, 2.05) is 0 Å². The van der Waals surface area contributed by atoms with Crippen molar-refractivity contribution in [2.75, 3.05) is 6.54 Å². The van der Waals surface area contributed by atoms with E-state index in [1.54, 1.807) is 12.1 Å². The van der Waals surface area contributed by atoms with Crippen LogP contribution in [0.15, 0.2) is 18.2 Å². The van der Waals surface area contributed by atoms with Crippen LogP contribution in [0.25, 0.3) is 0 Å². The van der Waals surface area contributed by atoms with Crippen molar-refractivity contribution in [1.82, 2.24) is 5.32 Å². The zero-order chi connectivity index (χ0) is 15.2. The van der Waals surface area contributed by atoms with Gasteiger partial charge in [0.1, 0.15) is 5.82 Å². The van der Waals surface area contributed by atoms with E-state index in [-0.39, 0.29) is 5.82 Å². The molecule has 118 valence electrons. The first-order valence-corrected chi connectivity index (χ1v) is 8.62. The van der Waals surface area contributed by atoms with E-state index in [2.05, 4.69) is 19.2 Å². The summed E-state index contributed by atoms with van der Waals surface area (Å²) >= 11 is 6.21. The fourth-order valence-electron chi connectivity index (χ4n) is 3.38. The smallest absolute Gasteiger partial charge is 0.127 e. The van der Waals surface area contributed by atoms with Crippen LogP contribution in [0, 0.1) is 17.7 Å². The molecule has 1 aliphatic rings. The molecular formula is C18H27ClFN. The summed E-state index contributed by atoms with van der Waals surface area (Å²) in [6, 6.07) is 5.52. The minimum Gasteiger partial charge on any atom is -0.314 e. The Morgan fingerprint density at radius 3 is 2.57 bits per heavy atom. The van der Waals surface area contributed by atoms with Gasteiger partial charge >= 0.3 is 0 Å². The molecule has 1 aromatic carbocycles. The number of hydrogen-bond donors (Lipinski definition) is 1. The van der Waals surface area contributed by atoms with Crippen LogP contribution in [0.3, 0.4) is 0 Å². The third kappa shape index (κ3) is 4.96. The third-order valence-electron chi connectivity index (χ3n) is 4.63. The van der Waals surface area contributed by atoms with Crippen LogP contribution in [0.5, 0.6) is 0 Å². The molecule has 1 fully saturated rings. The maximum absolute atomic E-state index is 14.0. The van der Waals surface area contributed by atoms with Crippen molar-refractivity contribution < 1.29 is 4.39 Å². The molecule has 0 aromatic heterocycles. The molecule has 1 N–H and O–H groups in total. The van der Waals surface area contributed by atoms with Crippen LogP contribution in [-0.2, 0) is 6.42 Å². The fraction of sp³-hybridized carbons (Fsp3) is 0.667. The second-order valence-electron chi connectivity index (χ2n) is 6.63.